The van der Waals surface area contributed by atoms with Crippen LogP contribution in [0.15, 0.2) is 24.3 Å². The van der Waals surface area contributed by atoms with Crippen molar-refractivity contribution in [2.75, 3.05) is 7.11 Å². The van der Waals surface area contributed by atoms with Crippen LogP contribution in [-0.2, 0) is 4.79 Å². The molecule has 0 radical (unpaired) electrons. The summed E-state index contributed by atoms with van der Waals surface area (Å²) in [7, 11) is 1.41. The standard InChI is InChI=1S/C11H11FO3/c1-7(6-10(13)14)11-8(12)4-3-5-9(11)15-2/h3-6H,1-2H3,(H,13,14)/b7-6+. The van der Waals surface area contributed by atoms with Crippen molar-refractivity contribution in [1.29, 1.82) is 0 Å². The van der Waals surface area contributed by atoms with E-state index in [0.29, 0.717) is 11.3 Å². The number of rotatable bonds is 3. The monoisotopic (exact) mass is 210 g/mol. The van der Waals surface area contributed by atoms with Gasteiger partial charge in [0.05, 0.1) is 12.7 Å². The zero-order chi connectivity index (χ0) is 11.4. The minimum Gasteiger partial charge on any atom is -0.496 e. The van der Waals surface area contributed by atoms with Crippen LogP contribution in [0.3, 0.4) is 0 Å². The fraction of sp³-hybridized carbons (Fsp3) is 0.182. The van der Waals surface area contributed by atoms with Gasteiger partial charge in [-0.3, -0.25) is 0 Å². The molecule has 0 aliphatic carbocycles. The third-order valence-corrected chi connectivity index (χ3v) is 1.93. The van der Waals surface area contributed by atoms with E-state index in [1.807, 2.05) is 0 Å². The van der Waals surface area contributed by atoms with Crippen LogP contribution < -0.4 is 4.74 Å². The van der Waals surface area contributed by atoms with Gasteiger partial charge in [0.15, 0.2) is 0 Å². The number of carbonyl (C=O) groups is 1. The second kappa shape index (κ2) is 4.59. The lowest BCUT2D eigenvalue weighted by atomic mass is 10.1. The molecular formula is C11H11FO3. The van der Waals surface area contributed by atoms with Gasteiger partial charge in [-0.1, -0.05) is 6.07 Å². The molecule has 0 atom stereocenters. The molecule has 1 N–H and O–H groups in total. The predicted molar refractivity (Wildman–Crippen MR) is 54.2 cm³/mol. The van der Waals surface area contributed by atoms with Gasteiger partial charge in [-0.2, -0.15) is 0 Å². The Labute approximate surface area is 86.8 Å². The van der Waals surface area contributed by atoms with Crippen LogP contribution in [0.5, 0.6) is 5.75 Å². The third kappa shape index (κ3) is 2.56. The first-order valence-electron chi connectivity index (χ1n) is 4.30. The molecule has 15 heavy (non-hydrogen) atoms. The number of hydrogen-bond acceptors (Lipinski definition) is 2. The Morgan fingerprint density at radius 2 is 2.20 bits per heavy atom. The molecule has 0 bridgehead atoms. The summed E-state index contributed by atoms with van der Waals surface area (Å²) in [5.41, 5.74) is 0.500. The fourth-order valence-corrected chi connectivity index (χ4v) is 1.31. The fourth-order valence-electron chi connectivity index (χ4n) is 1.31. The first-order valence-corrected chi connectivity index (χ1v) is 4.30. The Morgan fingerprint density at radius 3 is 2.73 bits per heavy atom. The summed E-state index contributed by atoms with van der Waals surface area (Å²) in [4.78, 5) is 10.5. The van der Waals surface area contributed by atoms with E-state index in [2.05, 4.69) is 0 Å². The molecule has 0 aliphatic rings. The van der Waals surface area contributed by atoms with Crippen molar-refractivity contribution in [3.8, 4) is 5.75 Å². The van der Waals surface area contributed by atoms with Crippen molar-refractivity contribution in [2.24, 2.45) is 0 Å². The molecule has 0 fully saturated rings. The van der Waals surface area contributed by atoms with Gasteiger partial charge in [-0.05, 0) is 24.6 Å². The van der Waals surface area contributed by atoms with Gasteiger partial charge < -0.3 is 9.84 Å². The average molecular weight is 210 g/mol. The number of aliphatic carboxylic acids is 1. The number of allylic oxidation sites excluding steroid dienone is 1. The normalized spacial score (nSPS) is 11.3. The molecule has 0 aromatic heterocycles. The van der Waals surface area contributed by atoms with E-state index in [9.17, 15) is 9.18 Å². The quantitative estimate of drug-likeness (QED) is 0.779. The van der Waals surface area contributed by atoms with Gasteiger partial charge in [0.1, 0.15) is 11.6 Å². The molecule has 1 aromatic carbocycles. The summed E-state index contributed by atoms with van der Waals surface area (Å²) in [5.74, 6) is -1.29. The Hall–Kier alpha value is -1.84. The molecule has 0 heterocycles. The van der Waals surface area contributed by atoms with Gasteiger partial charge in [-0.25, -0.2) is 9.18 Å². The second-order valence-corrected chi connectivity index (χ2v) is 2.98. The molecule has 0 unspecified atom stereocenters. The van der Waals surface area contributed by atoms with E-state index in [-0.39, 0.29) is 5.56 Å². The Bertz CT molecular complexity index is 410. The summed E-state index contributed by atoms with van der Waals surface area (Å²) in [6, 6.07) is 4.35. The topological polar surface area (TPSA) is 46.5 Å². The number of carboxylic acid groups (broad SMARTS) is 1. The summed E-state index contributed by atoms with van der Waals surface area (Å²) < 4.78 is 18.4. The van der Waals surface area contributed by atoms with Crippen LogP contribution in [-0.4, -0.2) is 18.2 Å². The largest absolute Gasteiger partial charge is 0.496 e. The highest BCUT2D eigenvalue weighted by atomic mass is 19.1. The molecule has 0 spiro atoms. The lowest BCUT2D eigenvalue weighted by Crippen LogP contribution is -1.96. The highest BCUT2D eigenvalue weighted by molar-refractivity contribution is 5.90. The van der Waals surface area contributed by atoms with Crippen LogP contribution in [0, 0.1) is 5.82 Å². The zero-order valence-corrected chi connectivity index (χ0v) is 8.45. The van der Waals surface area contributed by atoms with Crippen molar-refractivity contribution < 1.29 is 19.0 Å². The Balaban J connectivity index is 3.29. The molecular weight excluding hydrogens is 199 g/mol. The van der Waals surface area contributed by atoms with E-state index in [1.54, 1.807) is 6.07 Å². The molecule has 4 heteroatoms. The molecule has 0 aliphatic heterocycles. The molecule has 80 valence electrons. The van der Waals surface area contributed by atoms with Gasteiger partial charge in [-0.15, -0.1) is 0 Å². The highest BCUT2D eigenvalue weighted by Crippen LogP contribution is 2.28. The predicted octanol–water partition coefficient (Wildman–Crippen LogP) is 2.32. The maximum Gasteiger partial charge on any atom is 0.328 e. The van der Waals surface area contributed by atoms with Gasteiger partial charge in [0.2, 0.25) is 0 Å². The highest BCUT2D eigenvalue weighted by Gasteiger charge is 2.11. The van der Waals surface area contributed by atoms with Crippen LogP contribution in [0.4, 0.5) is 4.39 Å². The SMILES string of the molecule is COc1cccc(F)c1/C(C)=C/C(=O)O. The maximum atomic E-state index is 13.4. The van der Waals surface area contributed by atoms with Crippen molar-refractivity contribution in [3.63, 3.8) is 0 Å². The number of methoxy groups -OCH3 is 1. The molecule has 1 aromatic rings. The first-order chi connectivity index (χ1) is 7.06. The molecule has 0 saturated heterocycles. The van der Waals surface area contributed by atoms with Crippen molar-refractivity contribution in [2.45, 2.75) is 6.92 Å². The second-order valence-electron chi connectivity index (χ2n) is 2.98. The van der Waals surface area contributed by atoms with Crippen molar-refractivity contribution in [1.82, 2.24) is 0 Å². The minimum atomic E-state index is -1.11. The number of carboxylic acids is 1. The number of ether oxygens (including phenoxy) is 1. The van der Waals surface area contributed by atoms with E-state index >= 15 is 0 Å². The van der Waals surface area contributed by atoms with Crippen LogP contribution >= 0.6 is 0 Å². The smallest absolute Gasteiger partial charge is 0.328 e. The van der Waals surface area contributed by atoms with Crippen molar-refractivity contribution in [3.05, 3.63) is 35.7 Å². The van der Waals surface area contributed by atoms with E-state index in [0.717, 1.165) is 6.08 Å². The zero-order valence-electron chi connectivity index (χ0n) is 8.45. The Kier molecular flexibility index (Phi) is 3.44. The summed E-state index contributed by atoms with van der Waals surface area (Å²) in [6.07, 6.45) is 0.945. The number of benzene rings is 1. The van der Waals surface area contributed by atoms with Gasteiger partial charge in [0, 0.05) is 6.08 Å². The maximum absolute atomic E-state index is 13.4. The molecule has 3 nitrogen and oxygen atoms in total. The van der Waals surface area contributed by atoms with Crippen LogP contribution in [0.2, 0.25) is 0 Å². The summed E-state index contributed by atoms with van der Waals surface area (Å²) in [6.45, 7) is 1.52. The van der Waals surface area contributed by atoms with E-state index < -0.39 is 11.8 Å². The molecule has 0 amide bonds. The summed E-state index contributed by atoms with van der Waals surface area (Å²) >= 11 is 0. The van der Waals surface area contributed by atoms with E-state index in [1.165, 1.54) is 26.2 Å². The minimum absolute atomic E-state index is 0.183. The molecule has 1 rings (SSSR count). The van der Waals surface area contributed by atoms with Crippen molar-refractivity contribution >= 4 is 11.5 Å². The third-order valence-electron chi connectivity index (χ3n) is 1.93. The number of hydrogen-bond donors (Lipinski definition) is 1. The van der Waals surface area contributed by atoms with Gasteiger partial charge in [0.25, 0.3) is 0 Å². The number of halogens is 1. The van der Waals surface area contributed by atoms with Gasteiger partial charge >= 0.3 is 5.97 Å². The van der Waals surface area contributed by atoms with E-state index in [4.69, 9.17) is 9.84 Å². The average Bonchev–Trinajstić information content (AvgIpc) is 2.15. The molecule has 0 saturated carbocycles. The first kappa shape index (κ1) is 11.2. The van der Waals surface area contributed by atoms with Crippen LogP contribution in [0.1, 0.15) is 12.5 Å². The van der Waals surface area contributed by atoms with Crippen LogP contribution in [0.25, 0.3) is 5.57 Å². The lowest BCUT2D eigenvalue weighted by Gasteiger charge is -2.08. The Morgan fingerprint density at radius 1 is 1.53 bits per heavy atom. The summed E-state index contributed by atoms with van der Waals surface area (Å²) in [5, 5.41) is 8.56. The lowest BCUT2D eigenvalue weighted by molar-refractivity contribution is -0.131.